The van der Waals surface area contributed by atoms with Crippen molar-refractivity contribution in [2.75, 3.05) is 20.2 Å². The lowest BCUT2D eigenvalue weighted by molar-refractivity contribution is 0.319. The van der Waals surface area contributed by atoms with E-state index in [0.29, 0.717) is 35.5 Å². The largest absolute Gasteiger partial charge is 0.492 e. The van der Waals surface area contributed by atoms with Gasteiger partial charge in [-0.05, 0) is 49.4 Å². The van der Waals surface area contributed by atoms with E-state index in [2.05, 4.69) is 12.2 Å². The molecule has 1 heterocycles. The van der Waals surface area contributed by atoms with Crippen LogP contribution >= 0.6 is 0 Å². The summed E-state index contributed by atoms with van der Waals surface area (Å²) < 4.78 is 8.38. The van der Waals surface area contributed by atoms with E-state index in [-0.39, 0.29) is 11.2 Å². The predicted octanol–water partition coefficient (Wildman–Crippen LogP) is 2.24. The summed E-state index contributed by atoms with van der Waals surface area (Å²) in [5, 5.41) is 3.47. The third-order valence-corrected chi connectivity index (χ3v) is 4.60. The first-order valence-corrected chi connectivity index (χ1v) is 9.19. The van der Waals surface area contributed by atoms with Crippen LogP contribution in [0.1, 0.15) is 18.9 Å². The van der Waals surface area contributed by atoms with Crippen LogP contribution in [0, 0.1) is 0 Å². The quantitative estimate of drug-likeness (QED) is 0.651. The lowest BCUT2D eigenvalue weighted by Gasteiger charge is -2.13. The maximum atomic E-state index is 13.1. The van der Waals surface area contributed by atoms with Crippen molar-refractivity contribution in [3.05, 3.63) is 68.9 Å². The fourth-order valence-electron chi connectivity index (χ4n) is 3.13. The summed E-state index contributed by atoms with van der Waals surface area (Å²) >= 11 is 0. The van der Waals surface area contributed by atoms with E-state index in [4.69, 9.17) is 4.74 Å². The van der Waals surface area contributed by atoms with Gasteiger partial charge in [0, 0.05) is 13.6 Å². The Hall–Kier alpha value is -2.86. The van der Waals surface area contributed by atoms with Crippen LogP contribution < -0.4 is 21.3 Å². The molecule has 0 fully saturated rings. The molecule has 3 rings (SSSR count). The summed E-state index contributed by atoms with van der Waals surface area (Å²) in [5.41, 5.74) is 1.65. The Labute approximate surface area is 158 Å². The number of hydrogen-bond donors (Lipinski definition) is 1. The van der Waals surface area contributed by atoms with Gasteiger partial charge in [-0.25, -0.2) is 9.36 Å². The summed E-state index contributed by atoms with van der Waals surface area (Å²) in [4.78, 5) is 25.9. The number of rotatable bonds is 7. The first kappa shape index (κ1) is 18.9. The summed E-state index contributed by atoms with van der Waals surface area (Å²) in [7, 11) is 3.53. The Morgan fingerprint density at radius 1 is 1.07 bits per heavy atom. The second-order valence-corrected chi connectivity index (χ2v) is 6.53. The Kier molecular flexibility index (Phi) is 5.76. The normalized spacial score (nSPS) is 11.1. The fourth-order valence-corrected chi connectivity index (χ4v) is 3.13. The van der Waals surface area contributed by atoms with Crippen LogP contribution in [0.5, 0.6) is 5.75 Å². The second-order valence-electron chi connectivity index (χ2n) is 6.53. The molecule has 0 unspecified atom stereocenters. The van der Waals surface area contributed by atoms with Gasteiger partial charge >= 0.3 is 5.69 Å². The lowest BCUT2D eigenvalue weighted by Crippen LogP contribution is -2.37. The molecular formula is C21H25N3O3. The molecule has 0 spiro atoms. The van der Waals surface area contributed by atoms with Gasteiger partial charge in [0.1, 0.15) is 12.4 Å². The van der Waals surface area contributed by atoms with Gasteiger partial charge in [0.15, 0.2) is 0 Å². The maximum Gasteiger partial charge on any atom is 0.335 e. The molecule has 0 amide bonds. The standard InChI is InChI=1S/C21H25N3O3/c1-4-5-15-6-8-16(9-7-15)24-20(25)18-14-17(27-13-12-22-2)10-11-19(18)23(3)21(24)26/h6-11,14,22H,4-5,12-13H2,1-3H3. The fraction of sp³-hybridized carbons (Fsp3) is 0.333. The molecule has 0 aliphatic carbocycles. The van der Waals surface area contributed by atoms with Gasteiger partial charge in [-0.1, -0.05) is 25.5 Å². The number of nitrogens with zero attached hydrogens (tertiary/aromatic N) is 2. The minimum absolute atomic E-state index is 0.338. The number of benzene rings is 2. The van der Waals surface area contributed by atoms with E-state index < -0.39 is 0 Å². The SMILES string of the molecule is CCCc1ccc(-n2c(=O)c3cc(OCCNC)ccc3n(C)c2=O)cc1. The minimum Gasteiger partial charge on any atom is -0.492 e. The summed E-state index contributed by atoms with van der Waals surface area (Å²) in [6.07, 6.45) is 2.02. The molecule has 0 atom stereocenters. The van der Waals surface area contributed by atoms with Crippen LogP contribution in [0.2, 0.25) is 0 Å². The van der Waals surface area contributed by atoms with E-state index in [1.165, 1.54) is 14.7 Å². The van der Waals surface area contributed by atoms with Crippen LogP contribution in [-0.4, -0.2) is 29.3 Å². The average Bonchev–Trinajstić information content (AvgIpc) is 2.68. The molecular weight excluding hydrogens is 342 g/mol. The molecule has 0 bridgehead atoms. The first-order chi connectivity index (χ1) is 13.1. The van der Waals surface area contributed by atoms with E-state index in [1.54, 1.807) is 25.2 Å². The van der Waals surface area contributed by atoms with Crippen LogP contribution in [0.15, 0.2) is 52.1 Å². The molecule has 0 saturated carbocycles. The van der Waals surface area contributed by atoms with Gasteiger partial charge < -0.3 is 10.1 Å². The van der Waals surface area contributed by atoms with Gasteiger partial charge in [0.05, 0.1) is 16.6 Å². The van der Waals surface area contributed by atoms with Crippen molar-refractivity contribution >= 4 is 10.9 Å². The van der Waals surface area contributed by atoms with Gasteiger partial charge in [0.25, 0.3) is 5.56 Å². The zero-order valence-corrected chi connectivity index (χ0v) is 16.0. The Morgan fingerprint density at radius 2 is 1.81 bits per heavy atom. The highest BCUT2D eigenvalue weighted by atomic mass is 16.5. The number of fused-ring (bicyclic) bond motifs is 1. The summed E-state index contributed by atoms with van der Waals surface area (Å²) in [5.74, 6) is 0.610. The molecule has 27 heavy (non-hydrogen) atoms. The first-order valence-electron chi connectivity index (χ1n) is 9.19. The molecule has 0 aliphatic rings. The molecule has 0 saturated heterocycles. The van der Waals surface area contributed by atoms with E-state index in [1.807, 2.05) is 31.3 Å². The van der Waals surface area contributed by atoms with Crippen molar-refractivity contribution < 1.29 is 4.74 Å². The molecule has 142 valence electrons. The van der Waals surface area contributed by atoms with Gasteiger partial charge in [-0.2, -0.15) is 0 Å². The molecule has 3 aromatic rings. The molecule has 1 N–H and O–H groups in total. The third-order valence-electron chi connectivity index (χ3n) is 4.60. The Bertz CT molecular complexity index is 1050. The van der Waals surface area contributed by atoms with E-state index in [9.17, 15) is 9.59 Å². The van der Waals surface area contributed by atoms with Gasteiger partial charge in [0.2, 0.25) is 0 Å². The highest BCUT2D eigenvalue weighted by molar-refractivity contribution is 5.80. The van der Waals surface area contributed by atoms with Crippen LogP contribution in [-0.2, 0) is 13.5 Å². The average molecular weight is 367 g/mol. The summed E-state index contributed by atoms with van der Waals surface area (Å²) in [6, 6.07) is 12.8. The van der Waals surface area contributed by atoms with E-state index in [0.717, 1.165) is 12.8 Å². The van der Waals surface area contributed by atoms with Gasteiger partial charge in [-0.15, -0.1) is 0 Å². The monoisotopic (exact) mass is 367 g/mol. The van der Waals surface area contributed by atoms with Crippen molar-refractivity contribution in [2.24, 2.45) is 7.05 Å². The predicted molar refractivity (Wildman–Crippen MR) is 108 cm³/mol. The number of aromatic nitrogens is 2. The Balaban J connectivity index is 2.12. The second kappa shape index (κ2) is 8.22. The Morgan fingerprint density at radius 3 is 2.48 bits per heavy atom. The van der Waals surface area contributed by atoms with Gasteiger partial charge in [-0.3, -0.25) is 9.36 Å². The number of hydrogen-bond acceptors (Lipinski definition) is 4. The van der Waals surface area contributed by atoms with Crippen molar-refractivity contribution in [3.63, 3.8) is 0 Å². The smallest absolute Gasteiger partial charge is 0.335 e. The van der Waals surface area contributed by atoms with Crippen molar-refractivity contribution in [1.29, 1.82) is 0 Å². The lowest BCUT2D eigenvalue weighted by atomic mass is 10.1. The number of nitrogens with one attached hydrogen (secondary N) is 1. The number of aryl methyl sites for hydroxylation is 2. The van der Waals surface area contributed by atoms with Crippen LogP contribution in [0.25, 0.3) is 16.6 Å². The highest BCUT2D eigenvalue weighted by Crippen LogP contribution is 2.18. The molecule has 6 nitrogen and oxygen atoms in total. The molecule has 0 aliphatic heterocycles. The van der Waals surface area contributed by atoms with Crippen LogP contribution in [0.4, 0.5) is 0 Å². The highest BCUT2D eigenvalue weighted by Gasteiger charge is 2.13. The summed E-state index contributed by atoms with van der Waals surface area (Å²) in [6.45, 7) is 3.33. The third kappa shape index (κ3) is 3.80. The van der Waals surface area contributed by atoms with Crippen LogP contribution in [0.3, 0.4) is 0 Å². The van der Waals surface area contributed by atoms with Crippen molar-refractivity contribution in [1.82, 2.24) is 14.5 Å². The zero-order chi connectivity index (χ0) is 19.4. The van der Waals surface area contributed by atoms with E-state index >= 15 is 0 Å². The zero-order valence-electron chi connectivity index (χ0n) is 16.0. The minimum atomic E-state index is -0.361. The molecule has 0 radical (unpaired) electrons. The maximum absolute atomic E-state index is 13.1. The number of ether oxygens (including phenoxy) is 1. The van der Waals surface area contributed by atoms with Crippen molar-refractivity contribution in [3.8, 4) is 11.4 Å². The molecule has 2 aromatic carbocycles. The number of likely N-dealkylation sites (N-methyl/N-ethyl adjacent to an activating group) is 1. The molecule has 1 aromatic heterocycles. The topological polar surface area (TPSA) is 65.3 Å². The molecule has 6 heteroatoms. The van der Waals surface area contributed by atoms with Crippen molar-refractivity contribution in [2.45, 2.75) is 19.8 Å².